The van der Waals surface area contributed by atoms with Crippen molar-refractivity contribution >= 4 is 17.6 Å². The average Bonchev–Trinajstić information content (AvgIpc) is 3.20. The Hall–Kier alpha value is -2.12. The number of aliphatic imine (C=N–C) groups is 1. The third kappa shape index (κ3) is 1.83. The molecular formula is C16H17N3O4. The van der Waals surface area contributed by atoms with Crippen molar-refractivity contribution in [3.8, 4) is 0 Å². The van der Waals surface area contributed by atoms with Gasteiger partial charge < -0.3 is 9.47 Å². The monoisotopic (exact) mass is 315 g/mol. The van der Waals surface area contributed by atoms with Gasteiger partial charge in [-0.2, -0.15) is 0 Å². The van der Waals surface area contributed by atoms with Crippen molar-refractivity contribution in [2.45, 2.75) is 32.6 Å². The summed E-state index contributed by atoms with van der Waals surface area (Å²) in [5.41, 5.74) is 0.588. The first-order chi connectivity index (χ1) is 10.9. The van der Waals surface area contributed by atoms with E-state index in [2.05, 4.69) is 9.98 Å². The molecule has 3 aliphatic rings. The lowest BCUT2D eigenvalue weighted by atomic mass is 9.88. The number of carbonyl (C=O) groups excluding carboxylic acids is 2. The van der Waals surface area contributed by atoms with Gasteiger partial charge in [0.25, 0.3) is 11.8 Å². The first-order valence-corrected chi connectivity index (χ1v) is 7.65. The number of aromatic nitrogens is 1. The quantitative estimate of drug-likeness (QED) is 0.768. The molecule has 3 aliphatic heterocycles. The summed E-state index contributed by atoms with van der Waals surface area (Å²) in [6.45, 7) is 6.62. The first-order valence-electron chi connectivity index (χ1n) is 7.65. The number of hydrogen-bond donors (Lipinski definition) is 0. The molecule has 0 spiro atoms. The van der Waals surface area contributed by atoms with Gasteiger partial charge in [0.1, 0.15) is 11.2 Å². The predicted molar refractivity (Wildman–Crippen MR) is 79.8 cm³/mol. The summed E-state index contributed by atoms with van der Waals surface area (Å²) < 4.78 is 10.9. The van der Waals surface area contributed by atoms with Gasteiger partial charge in [0.05, 0.1) is 18.8 Å². The van der Waals surface area contributed by atoms with Gasteiger partial charge in [0.2, 0.25) is 0 Å². The highest BCUT2D eigenvalue weighted by Crippen LogP contribution is 2.37. The summed E-state index contributed by atoms with van der Waals surface area (Å²) in [7, 11) is 0. The summed E-state index contributed by atoms with van der Waals surface area (Å²) in [6.07, 6.45) is 1.11. The van der Waals surface area contributed by atoms with Gasteiger partial charge >= 0.3 is 0 Å². The topological polar surface area (TPSA) is 81.1 Å². The fourth-order valence-electron chi connectivity index (χ4n) is 2.99. The number of hydrogen-bond acceptors (Lipinski definition) is 6. The lowest BCUT2D eigenvalue weighted by Crippen LogP contribution is -2.44. The molecule has 120 valence electrons. The number of amides is 2. The molecule has 0 saturated carbocycles. The van der Waals surface area contributed by atoms with Crippen LogP contribution in [-0.4, -0.2) is 46.3 Å². The van der Waals surface area contributed by atoms with Crippen molar-refractivity contribution in [2.24, 2.45) is 10.9 Å². The second-order valence-electron chi connectivity index (χ2n) is 6.42. The Morgan fingerprint density at radius 1 is 1.30 bits per heavy atom. The van der Waals surface area contributed by atoms with E-state index in [0.717, 1.165) is 4.90 Å². The minimum atomic E-state index is -0.916. The molecule has 1 saturated heterocycles. The van der Waals surface area contributed by atoms with E-state index >= 15 is 0 Å². The first kappa shape index (κ1) is 14.5. The molecule has 0 radical (unpaired) electrons. The van der Waals surface area contributed by atoms with E-state index in [-0.39, 0.29) is 17.7 Å². The number of imide groups is 1. The van der Waals surface area contributed by atoms with Gasteiger partial charge in [-0.3, -0.25) is 14.6 Å². The van der Waals surface area contributed by atoms with Crippen molar-refractivity contribution < 1.29 is 19.1 Å². The molecular weight excluding hydrogens is 298 g/mol. The number of fused-ring (bicyclic) bond motifs is 3. The summed E-state index contributed by atoms with van der Waals surface area (Å²) >= 11 is 0. The van der Waals surface area contributed by atoms with Gasteiger partial charge in [-0.05, 0) is 18.9 Å². The van der Waals surface area contributed by atoms with Crippen LogP contribution in [0.1, 0.15) is 48.7 Å². The van der Waals surface area contributed by atoms with Crippen LogP contribution in [0.15, 0.2) is 17.3 Å². The summed E-state index contributed by atoms with van der Waals surface area (Å²) in [4.78, 5) is 35.4. The molecule has 1 aromatic rings. The molecule has 4 rings (SSSR count). The zero-order chi connectivity index (χ0) is 16.4. The molecule has 4 heterocycles. The molecule has 1 unspecified atom stereocenters. The third-order valence-electron chi connectivity index (χ3n) is 4.76. The molecule has 23 heavy (non-hydrogen) atoms. The molecule has 0 N–H and O–H groups in total. The van der Waals surface area contributed by atoms with Crippen molar-refractivity contribution in [1.82, 2.24) is 9.88 Å². The Balaban J connectivity index is 1.79. The van der Waals surface area contributed by atoms with Crippen LogP contribution in [-0.2, 0) is 14.3 Å². The maximum Gasteiger partial charge on any atom is 0.268 e. The molecule has 0 aliphatic carbocycles. The van der Waals surface area contributed by atoms with Gasteiger partial charge in [0.15, 0.2) is 12.1 Å². The van der Waals surface area contributed by atoms with Crippen molar-refractivity contribution in [3.63, 3.8) is 0 Å². The summed E-state index contributed by atoms with van der Waals surface area (Å²) in [6, 6.07) is 1.68. The molecule has 7 heteroatoms. The van der Waals surface area contributed by atoms with E-state index in [1.54, 1.807) is 19.2 Å². The Bertz CT molecular complexity index is 752. The molecule has 1 aromatic heterocycles. The fourth-order valence-corrected chi connectivity index (χ4v) is 2.99. The van der Waals surface area contributed by atoms with E-state index in [9.17, 15) is 9.59 Å². The third-order valence-corrected chi connectivity index (χ3v) is 4.76. The standard InChI is InChI=1S/C16H17N3O4/c1-8(2)16(3)15(21)19-12(18-16)11-10(13(19)20)6-9(7-17-11)14-22-4-5-23-14/h6-8,14H,4-5H2,1-3H3. The minimum absolute atomic E-state index is 0.0103. The Morgan fingerprint density at radius 2 is 2.00 bits per heavy atom. The van der Waals surface area contributed by atoms with Crippen molar-refractivity contribution in [3.05, 3.63) is 29.1 Å². The largest absolute Gasteiger partial charge is 0.346 e. The van der Waals surface area contributed by atoms with Gasteiger partial charge in [0, 0.05) is 11.8 Å². The van der Waals surface area contributed by atoms with Gasteiger partial charge in [-0.25, -0.2) is 9.89 Å². The zero-order valence-electron chi connectivity index (χ0n) is 13.2. The maximum atomic E-state index is 12.7. The van der Waals surface area contributed by atoms with E-state index in [0.29, 0.717) is 35.9 Å². The SMILES string of the molecule is CC(C)C1(C)N=C2c3ncc(C4OCCO4)cc3C(=O)N2C1=O. The smallest absolute Gasteiger partial charge is 0.268 e. The number of amidine groups is 1. The van der Waals surface area contributed by atoms with Crippen molar-refractivity contribution in [1.29, 1.82) is 0 Å². The van der Waals surface area contributed by atoms with Gasteiger partial charge in [-0.15, -0.1) is 0 Å². The molecule has 0 aromatic carbocycles. The van der Waals surface area contributed by atoms with Gasteiger partial charge in [-0.1, -0.05) is 13.8 Å². The number of carbonyl (C=O) groups is 2. The summed E-state index contributed by atoms with van der Waals surface area (Å²) in [5, 5.41) is 0. The van der Waals surface area contributed by atoms with Crippen LogP contribution in [0.25, 0.3) is 0 Å². The molecule has 0 bridgehead atoms. The minimum Gasteiger partial charge on any atom is -0.346 e. The number of ether oxygens (including phenoxy) is 2. The van der Waals surface area contributed by atoms with E-state index < -0.39 is 11.8 Å². The second-order valence-corrected chi connectivity index (χ2v) is 6.42. The lowest BCUT2D eigenvalue weighted by molar-refractivity contribution is -0.130. The van der Waals surface area contributed by atoms with E-state index in [4.69, 9.17) is 9.47 Å². The highest BCUT2D eigenvalue weighted by molar-refractivity contribution is 6.33. The number of pyridine rings is 1. The Kier molecular flexibility index (Phi) is 2.95. The van der Waals surface area contributed by atoms with Crippen LogP contribution in [0.2, 0.25) is 0 Å². The second kappa shape index (κ2) is 4.69. The predicted octanol–water partition coefficient (Wildman–Crippen LogP) is 1.28. The molecule has 1 fully saturated rings. The van der Waals surface area contributed by atoms with E-state index in [1.165, 1.54) is 0 Å². The van der Waals surface area contributed by atoms with Crippen LogP contribution in [0, 0.1) is 5.92 Å². The van der Waals surface area contributed by atoms with Crippen LogP contribution >= 0.6 is 0 Å². The summed E-state index contributed by atoms with van der Waals surface area (Å²) in [5.74, 6) is -0.323. The molecule has 7 nitrogen and oxygen atoms in total. The van der Waals surface area contributed by atoms with E-state index in [1.807, 2.05) is 13.8 Å². The molecule has 2 amide bonds. The lowest BCUT2D eigenvalue weighted by Gasteiger charge is -2.24. The average molecular weight is 315 g/mol. The number of nitrogens with zero attached hydrogens (tertiary/aromatic N) is 3. The van der Waals surface area contributed by atoms with Crippen molar-refractivity contribution in [2.75, 3.05) is 13.2 Å². The highest BCUT2D eigenvalue weighted by atomic mass is 16.7. The number of rotatable bonds is 2. The molecule has 1 atom stereocenters. The maximum absolute atomic E-state index is 12.7. The zero-order valence-corrected chi connectivity index (χ0v) is 13.2. The van der Waals surface area contributed by atoms with Crippen LogP contribution in [0.3, 0.4) is 0 Å². The normalized spacial score (nSPS) is 27.0. The fraction of sp³-hybridized carbons (Fsp3) is 0.500. The van der Waals surface area contributed by atoms with Crippen LogP contribution in [0.4, 0.5) is 0 Å². The highest BCUT2D eigenvalue weighted by Gasteiger charge is 2.54. The van der Waals surface area contributed by atoms with Crippen LogP contribution < -0.4 is 0 Å². The Morgan fingerprint density at radius 3 is 2.65 bits per heavy atom. The Labute approximate surface area is 133 Å². The van der Waals surface area contributed by atoms with Crippen LogP contribution in [0.5, 0.6) is 0 Å².